The molecule has 0 radical (unpaired) electrons. The van der Waals surface area contributed by atoms with Gasteiger partial charge in [0.05, 0.1) is 26.2 Å². The van der Waals surface area contributed by atoms with E-state index in [2.05, 4.69) is 38.3 Å². The van der Waals surface area contributed by atoms with E-state index in [1.807, 2.05) is 48.5 Å². The summed E-state index contributed by atoms with van der Waals surface area (Å²) in [6.45, 7) is 9.63. The van der Waals surface area contributed by atoms with Crippen LogP contribution in [0.1, 0.15) is 82.8 Å². The van der Waals surface area contributed by atoms with Gasteiger partial charge in [0.25, 0.3) is 11.8 Å². The van der Waals surface area contributed by atoms with Crippen molar-refractivity contribution in [2.45, 2.75) is 83.7 Å². The van der Waals surface area contributed by atoms with Gasteiger partial charge < -0.3 is 30.3 Å². The molecule has 2 aliphatic heterocycles. The number of amides is 2. The number of nitrogens with zero attached hydrogens (tertiary/aromatic N) is 2. The van der Waals surface area contributed by atoms with Crippen LogP contribution in [0.5, 0.6) is 0 Å². The lowest BCUT2D eigenvalue weighted by molar-refractivity contribution is -0.902. The fourth-order valence-corrected chi connectivity index (χ4v) is 6.07. The number of rotatable bonds is 10. The van der Waals surface area contributed by atoms with Crippen LogP contribution < -0.4 is 10.6 Å². The molecule has 2 saturated heterocycles. The van der Waals surface area contributed by atoms with Crippen molar-refractivity contribution in [3.05, 3.63) is 70.1 Å². The second-order valence-electron chi connectivity index (χ2n) is 12.0. The molecule has 0 aliphatic carbocycles. The van der Waals surface area contributed by atoms with Gasteiger partial charge in [-0.15, -0.1) is 0 Å². The molecule has 4 rings (SSSR count). The fourth-order valence-electron chi connectivity index (χ4n) is 6.07. The Bertz CT molecular complexity index is 1040. The first-order valence-electron chi connectivity index (χ1n) is 14.5. The van der Waals surface area contributed by atoms with Crippen molar-refractivity contribution < 1.29 is 18.9 Å². The summed E-state index contributed by atoms with van der Waals surface area (Å²) in [5.74, 6) is 0.292. The number of quaternary nitrogens is 2. The fraction of sp³-hybridized carbons (Fsp3) is 0.548. The highest BCUT2D eigenvalue weighted by atomic mass is 16.6. The minimum absolute atomic E-state index is 0.206. The van der Waals surface area contributed by atoms with Crippen LogP contribution in [0.2, 0.25) is 0 Å². The topological polar surface area (TPSA) is 104 Å². The first kappa shape index (κ1) is 29.2. The predicted octanol–water partition coefficient (Wildman–Crippen LogP) is 5.85. The molecular formula is C31H44N4O4. The molecule has 0 saturated carbocycles. The quantitative estimate of drug-likeness (QED) is 0.293. The van der Waals surface area contributed by atoms with Gasteiger partial charge in [-0.25, -0.2) is 0 Å². The molecule has 4 atom stereocenters. The summed E-state index contributed by atoms with van der Waals surface area (Å²) >= 11 is 0. The Morgan fingerprint density at radius 2 is 1.08 bits per heavy atom. The maximum absolute atomic E-state index is 13.7. The van der Waals surface area contributed by atoms with Crippen LogP contribution in [0.15, 0.2) is 48.5 Å². The maximum Gasteiger partial charge on any atom is 0.283 e. The van der Waals surface area contributed by atoms with Crippen LogP contribution in [-0.2, 0) is 9.59 Å². The number of hydrogen-bond acceptors (Lipinski definition) is 4. The van der Waals surface area contributed by atoms with E-state index in [4.69, 9.17) is 0 Å². The number of hydroxylamine groups is 6. The molecule has 212 valence electrons. The molecule has 8 nitrogen and oxygen atoms in total. The van der Waals surface area contributed by atoms with Crippen LogP contribution >= 0.6 is 0 Å². The maximum atomic E-state index is 13.7. The predicted molar refractivity (Wildman–Crippen MR) is 156 cm³/mol. The number of carbonyl (C=O) groups excluding carboxylic acids is 2. The summed E-state index contributed by atoms with van der Waals surface area (Å²) < 4.78 is -1.20. The van der Waals surface area contributed by atoms with E-state index < -0.39 is 21.4 Å². The normalized spacial score (nSPS) is 26.8. The summed E-state index contributed by atoms with van der Waals surface area (Å²) in [4.78, 5) is 26.1. The van der Waals surface area contributed by atoms with Gasteiger partial charge in [0.1, 0.15) is 0 Å². The molecule has 2 aliphatic rings. The smallest absolute Gasteiger partial charge is 0.283 e. The zero-order chi connectivity index (χ0) is 28.2. The lowest BCUT2D eigenvalue weighted by Gasteiger charge is -2.46. The number of benzene rings is 2. The standard InChI is InChI=1S/C31H44N4O4/c1-22(2)24-10-14-26(15-11-24)32-30(36)28-8-5-18-34(28,38)20-7-21-35(39)19-6-9-29(35)31(37)33-27-16-12-25(13-17-27)23(3)4/h10-17,22-23,28-29H,5-9,18-21H2,1-4H3,(H,32,36)(H,33,37)/t28-,29-,34?,35?/m0/s1. The Morgan fingerprint density at radius 1 is 0.718 bits per heavy atom. The summed E-state index contributed by atoms with van der Waals surface area (Å²) in [5.41, 5.74) is 3.76. The molecule has 2 amide bonds. The van der Waals surface area contributed by atoms with E-state index >= 15 is 0 Å². The average Bonchev–Trinajstić information content (AvgIpc) is 3.47. The zero-order valence-corrected chi connectivity index (χ0v) is 23.8. The van der Waals surface area contributed by atoms with E-state index in [1.165, 1.54) is 11.1 Å². The Morgan fingerprint density at radius 3 is 1.41 bits per heavy atom. The van der Waals surface area contributed by atoms with Gasteiger partial charge in [-0.05, 0) is 47.2 Å². The van der Waals surface area contributed by atoms with Gasteiger partial charge in [0.2, 0.25) is 0 Å². The molecule has 0 aromatic heterocycles. The SMILES string of the molecule is CC(C)c1ccc(NC(=O)[C@@H]2CCC[N+]2([O-])CCC[N+]2([O-])CCC[C@H]2C(=O)Nc2ccc(C(C)C)cc2)cc1. The van der Waals surface area contributed by atoms with E-state index in [0.29, 0.717) is 68.4 Å². The molecule has 0 spiro atoms. The third kappa shape index (κ3) is 6.87. The van der Waals surface area contributed by atoms with Gasteiger partial charge in [-0.1, -0.05) is 52.0 Å². The highest BCUT2D eigenvalue weighted by molar-refractivity contribution is 5.94. The van der Waals surface area contributed by atoms with Crippen LogP contribution in [0.25, 0.3) is 0 Å². The van der Waals surface area contributed by atoms with Crippen molar-refractivity contribution in [2.24, 2.45) is 0 Å². The number of anilines is 2. The number of carbonyl (C=O) groups is 2. The second kappa shape index (κ2) is 12.2. The van der Waals surface area contributed by atoms with Crippen LogP contribution in [-0.4, -0.2) is 59.4 Å². The summed E-state index contributed by atoms with van der Waals surface area (Å²) in [6, 6.07) is 14.1. The molecule has 2 N–H and O–H groups in total. The van der Waals surface area contributed by atoms with E-state index in [9.17, 15) is 20.0 Å². The van der Waals surface area contributed by atoms with Crippen LogP contribution in [0.4, 0.5) is 11.4 Å². The van der Waals surface area contributed by atoms with Crippen LogP contribution in [0.3, 0.4) is 0 Å². The van der Waals surface area contributed by atoms with E-state index in [1.54, 1.807) is 0 Å². The first-order chi connectivity index (χ1) is 18.5. The second-order valence-corrected chi connectivity index (χ2v) is 12.0. The molecule has 2 aromatic carbocycles. The van der Waals surface area contributed by atoms with Crippen molar-refractivity contribution >= 4 is 23.2 Å². The highest BCUT2D eigenvalue weighted by Gasteiger charge is 2.43. The molecule has 39 heavy (non-hydrogen) atoms. The van der Waals surface area contributed by atoms with Crippen molar-refractivity contribution in [1.29, 1.82) is 0 Å². The Hall–Kier alpha value is -2.78. The van der Waals surface area contributed by atoms with Gasteiger partial charge in [0.15, 0.2) is 12.1 Å². The highest BCUT2D eigenvalue weighted by Crippen LogP contribution is 2.31. The Kier molecular flexibility index (Phi) is 9.11. The van der Waals surface area contributed by atoms with Crippen LogP contribution in [0, 0.1) is 10.4 Å². The Balaban J connectivity index is 1.32. The van der Waals surface area contributed by atoms with Crippen molar-refractivity contribution in [2.75, 3.05) is 36.8 Å². The largest absolute Gasteiger partial charge is 0.632 e. The van der Waals surface area contributed by atoms with Crippen molar-refractivity contribution in [3.8, 4) is 0 Å². The third-order valence-electron chi connectivity index (χ3n) is 8.53. The average molecular weight is 537 g/mol. The van der Waals surface area contributed by atoms with Crippen molar-refractivity contribution in [3.63, 3.8) is 0 Å². The van der Waals surface area contributed by atoms with Gasteiger partial charge >= 0.3 is 0 Å². The molecule has 8 heteroatoms. The summed E-state index contributed by atoms with van der Waals surface area (Å²) in [7, 11) is 0. The molecule has 2 aromatic rings. The lowest BCUT2D eigenvalue weighted by Crippen LogP contribution is -2.55. The number of likely N-dealkylation sites (tertiary alicyclic amines) is 2. The Labute approximate surface area is 232 Å². The van der Waals surface area contributed by atoms with E-state index in [-0.39, 0.29) is 24.9 Å². The first-order valence-corrected chi connectivity index (χ1v) is 14.5. The van der Waals surface area contributed by atoms with Gasteiger partial charge in [-0.2, -0.15) is 0 Å². The lowest BCUT2D eigenvalue weighted by atomic mass is 10.0. The molecule has 2 fully saturated rings. The minimum Gasteiger partial charge on any atom is -0.632 e. The molecule has 2 unspecified atom stereocenters. The van der Waals surface area contributed by atoms with Gasteiger partial charge in [0, 0.05) is 43.5 Å². The molecule has 0 bridgehead atoms. The summed E-state index contributed by atoms with van der Waals surface area (Å²) in [5, 5.41) is 33.3. The number of hydrogen-bond donors (Lipinski definition) is 2. The van der Waals surface area contributed by atoms with E-state index in [0.717, 1.165) is 0 Å². The van der Waals surface area contributed by atoms with Gasteiger partial charge in [-0.3, -0.25) is 9.59 Å². The van der Waals surface area contributed by atoms with Crippen molar-refractivity contribution in [1.82, 2.24) is 0 Å². The molecular weight excluding hydrogens is 492 g/mol. The summed E-state index contributed by atoms with van der Waals surface area (Å²) in [6.07, 6.45) is 2.83. The number of nitrogens with one attached hydrogen (secondary N) is 2. The monoisotopic (exact) mass is 536 g/mol. The minimum atomic E-state index is -0.679. The third-order valence-corrected chi connectivity index (χ3v) is 8.53. The molecule has 2 heterocycles. The zero-order valence-electron chi connectivity index (χ0n) is 23.8.